The number of nitrogens with zero attached hydrogens (tertiary/aromatic N) is 2. The number of benzene rings is 2. The molecule has 7 heteroatoms. The van der Waals surface area contributed by atoms with E-state index in [1.165, 1.54) is 11.8 Å². The summed E-state index contributed by atoms with van der Waals surface area (Å²) in [6.45, 7) is 1.49. The van der Waals surface area contributed by atoms with Crippen LogP contribution in [0.3, 0.4) is 0 Å². The van der Waals surface area contributed by atoms with Gasteiger partial charge < -0.3 is 9.57 Å². The lowest BCUT2D eigenvalue weighted by molar-refractivity contribution is -0.125. The van der Waals surface area contributed by atoms with Crippen molar-refractivity contribution in [3.63, 3.8) is 0 Å². The van der Waals surface area contributed by atoms with Crippen LogP contribution in [-0.4, -0.2) is 36.5 Å². The van der Waals surface area contributed by atoms with Gasteiger partial charge in [-0.2, -0.15) is 0 Å². The summed E-state index contributed by atoms with van der Waals surface area (Å²) in [4.78, 5) is 45.5. The Morgan fingerprint density at radius 1 is 0.969 bits per heavy atom. The molecule has 2 aliphatic heterocycles. The predicted molar refractivity (Wildman–Crippen MR) is 115 cm³/mol. The van der Waals surface area contributed by atoms with Gasteiger partial charge in [-0.15, -0.1) is 0 Å². The number of methoxy groups -OCH3 is 1. The SMILES string of the molecule is COc1ccc(C2=NO[C@@H]3[C@H]4C[C@H]([C@H]5C(=O)N(c6ccc(C(C)=O)cc6)C(=O)[C@@H]45)[C@H]23)cc1. The largest absolute Gasteiger partial charge is 0.497 e. The van der Waals surface area contributed by atoms with Crippen LogP contribution >= 0.6 is 0 Å². The van der Waals surface area contributed by atoms with E-state index in [0.29, 0.717) is 11.3 Å². The van der Waals surface area contributed by atoms with Crippen molar-refractivity contribution in [3.8, 4) is 5.75 Å². The lowest BCUT2D eigenvalue weighted by Crippen LogP contribution is -2.41. The predicted octanol–water partition coefficient (Wildman–Crippen LogP) is 3.07. The van der Waals surface area contributed by atoms with Crippen LogP contribution in [0.2, 0.25) is 0 Å². The number of Topliss-reactive ketones (excluding diaryl/α,β-unsaturated/α-hetero) is 1. The van der Waals surface area contributed by atoms with Crippen molar-refractivity contribution in [2.45, 2.75) is 19.4 Å². The van der Waals surface area contributed by atoms with Crippen LogP contribution in [0, 0.1) is 29.6 Å². The van der Waals surface area contributed by atoms with Crippen LogP contribution < -0.4 is 9.64 Å². The van der Waals surface area contributed by atoms with Gasteiger partial charge in [-0.3, -0.25) is 19.3 Å². The molecule has 6 atom stereocenters. The maximum atomic E-state index is 13.5. The molecule has 2 amide bonds. The van der Waals surface area contributed by atoms with Crippen LogP contribution in [0.15, 0.2) is 53.7 Å². The molecule has 1 saturated heterocycles. The first-order chi connectivity index (χ1) is 15.5. The maximum Gasteiger partial charge on any atom is 0.238 e. The second-order valence-corrected chi connectivity index (χ2v) is 9.03. The van der Waals surface area contributed by atoms with Crippen molar-refractivity contribution >= 4 is 29.0 Å². The van der Waals surface area contributed by atoms with E-state index in [0.717, 1.165) is 23.4 Å². The van der Waals surface area contributed by atoms with Gasteiger partial charge in [-0.25, -0.2) is 0 Å². The fourth-order valence-electron chi connectivity index (χ4n) is 6.23. The number of hydrogen-bond acceptors (Lipinski definition) is 6. The van der Waals surface area contributed by atoms with E-state index >= 15 is 0 Å². The Balaban J connectivity index is 1.30. The van der Waals surface area contributed by atoms with Gasteiger partial charge in [-0.05, 0) is 67.8 Å². The Bertz CT molecular complexity index is 1170. The van der Waals surface area contributed by atoms with E-state index in [-0.39, 0.29) is 53.3 Å². The Kier molecular flexibility index (Phi) is 4.06. The minimum Gasteiger partial charge on any atom is -0.497 e. The van der Waals surface area contributed by atoms with Crippen molar-refractivity contribution in [1.29, 1.82) is 0 Å². The molecule has 0 radical (unpaired) electrons. The number of fused-ring (bicyclic) bond motifs is 8. The summed E-state index contributed by atoms with van der Waals surface area (Å²) in [6.07, 6.45) is 0.629. The molecule has 6 rings (SSSR count). The van der Waals surface area contributed by atoms with E-state index in [9.17, 15) is 14.4 Å². The highest BCUT2D eigenvalue weighted by molar-refractivity contribution is 6.23. The van der Waals surface area contributed by atoms with Gasteiger partial charge >= 0.3 is 0 Å². The van der Waals surface area contributed by atoms with Crippen LogP contribution in [0.5, 0.6) is 5.75 Å². The zero-order chi connectivity index (χ0) is 22.1. The third-order valence-corrected chi connectivity index (χ3v) is 7.61. The molecule has 2 heterocycles. The number of hydrogen-bond donors (Lipinski definition) is 0. The van der Waals surface area contributed by atoms with Crippen molar-refractivity contribution < 1.29 is 24.0 Å². The average Bonchev–Trinajstić information content (AvgIpc) is 3.54. The highest BCUT2D eigenvalue weighted by Gasteiger charge is 2.70. The summed E-state index contributed by atoms with van der Waals surface area (Å²) in [5.74, 6) is -0.319. The topological polar surface area (TPSA) is 85.3 Å². The summed E-state index contributed by atoms with van der Waals surface area (Å²) < 4.78 is 5.25. The van der Waals surface area contributed by atoms with Crippen molar-refractivity contribution in [1.82, 2.24) is 0 Å². The first-order valence-corrected chi connectivity index (χ1v) is 10.9. The first-order valence-electron chi connectivity index (χ1n) is 10.9. The monoisotopic (exact) mass is 430 g/mol. The third kappa shape index (κ3) is 2.48. The second-order valence-electron chi connectivity index (χ2n) is 9.03. The number of ether oxygens (including phenoxy) is 1. The van der Waals surface area contributed by atoms with E-state index < -0.39 is 0 Å². The highest BCUT2D eigenvalue weighted by atomic mass is 16.6. The van der Waals surface area contributed by atoms with Gasteiger partial charge in [0.25, 0.3) is 0 Å². The molecule has 2 aliphatic carbocycles. The molecule has 0 aromatic heterocycles. The lowest BCUT2D eigenvalue weighted by Gasteiger charge is -2.29. The van der Waals surface area contributed by atoms with Crippen LogP contribution in [0.4, 0.5) is 5.69 Å². The summed E-state index contributed by atoms with van der Waals surface area (Å²) in [7, 11) is 1.62. The standard InChI is InChI=1S/C25H22N2O5/c1-12(28)13-3-7-15(8-4-13)27-24(29)19-17-11-18(20(19)25(27)30)23-21(17)22(26-32-23)14-5-9-16(31-2)10-6-14/h3-10,17-21,23H,11H2,1-2H3/t17-,18+,19-,20+,21-,23-/m1/s1. The van der Waals surface area contributed by atoms with Crippen LogP contribution in [0.1, 0.15) is 29.3 Å². The highest BCUT2D eigenvalue weighted by Crippen LogP contribution is 2.62. The molecule has 32 heavy (non-hydrogen) atoms. The minimum atomic E-state index is -0.369. The lowest BCUT2D eigenvalue weighted by atomic mass is 9.71. The van der Waals surface area contributed by atoms with Gasteiger partial charge in [-0.1, -0.05) is 5.16 Å². The fraction of sp³-hybridized carbons (Fsp3) is 0.360. The zero-order valence-corrected chi connectivity index (χ0v) is 17.7. The number of oxime groups is 1. The number of rotatable bonds is 4. The number of carbonyl (C=O) groups is 3. The van der Waals surface area contributed by atoms with E-state index in [1.807, 2.05) is 24.3 Å². The zero-order valence-electron chi connectivity index (χ0n) is 17.7. The molecule has 162 valence electrons. The van der Waals surface area contributed by atoms with Crippen LogP contribution in [-0.2, 0) is 14.4 Å². The van der Waals surface area contributed by atoms with Gasteiger partial charge in [0.2, 0.25) is 11.8 Å². The molecular weight excluding hydrogens is 408 g/mol. The summed E-state index contributed by atoms with van der Waals surface area (Å²) >= 11 is 0. The number of ketones is 1. The van der Waals surface area contributed by atoms with Gasteiger partial charge in [0.1, 0.15) is 11.9 Å². The van der Waals surface area contributed by atoms with E-state index in [1.54, 1.807) is 31.4 Å². The molecule has 2 aromatic rings. The number of carbonyl (C=O) groups excluding carboxylic acids is 3. The van der Waals surface area contributed by atoms with Gasteiger partial charge in [0.15, 0.2) is 5.78 Å². The number of anilines is 1. The minimum absolute atomic E-state index is 0.00596. The van der Waals surface area contributed by atoms with E-state index in [4.69, 9.17) is 9.57 Å². The molecule has 0 unspecified atom stereocenters. The average molecular weight is 430 g/mol. The molecule has 2 aromatic carbocycles. The van der Waals surface area contributed by atoms with Crippen molar-refractivity contribution in [2.24, 2.45) is 34.7 Å². The van der Waals surface area contributed by atoms with Crippen molar-refractivity contribution in [2.75, 3.05) is 12.0 Å². The third-order valence-electron chi connectivity index (χ3n) is 7.61. The molecule has 2 bridgehead atoms. The smallest absolute Gasteiger partial charge is 0.238 e. The Morgan fingerprint density at radius 3 is 2.25 bits per heavy atom. The molecule has 7 nitrogen and oxygen atoms in total. The molecule has 2 saturated carbocycles. The molecule has 3 fully saturated rings. The van der Waals surface area contributed by atoms with Gasteiger partial charge in [0.05, 0.1) is 30.3 Å². The summed E-state index contributed by atoms with van der Waals surface area (Å²) in [6, 6.07) is 14.4. The second kappa shape index (κ2) is 6.76. The Labute approximate surface area is 185 Å². The summed E-state index contributed by atoms with van der Waals surface area (Å²) in [5, 5.41) is 4.38. The van der Waals surface area contributed by atoms with E-state index in [2.05, 4.69) is 5.16 Å². The molecule has 0 N–H and O–H groups in total. The van der Waals surface area contributed by atoms with Crippen LogP contribution in [0.25, 0.3) is 0 Å². The first kappa shape index (κ1) is 19.2. The Hall–Kier alpha value is -3.48. The summed E-state index contributed by atoms with van der Waals surface area (Å²) in [5.41, 5.74) is 2.88. The van der Waals surface area contributed by atoms with Gasteiger partial charge in [0, 0.05) is 23.0 Å². The number of imide groups is 1. The number of amides is 2. The molecule has 0 spiro atoms. The molecular formula is C25H22N2O5. The normalized spacial score (nSPS) is 31.9. The maximum absolute atomic E-state index is 13.5. The van der Waals surface area contributed by atoms with Crippen molar-refractivity contribution in [3.05, 3.63) is 59.7 Å². The Morgan fingerprint density at radius 2 is 1.62 bits per heavy atom. The fourth-order valence-corrected chi connectivity index (χ4v) is 6.23. The quantitative estimate of drug-likeness (QED) is 0.550. The molecule has 4 aliphatic rings.